The SMILES string of the molecule is N=C(CC(=Nc1ccccc1Cl)c1ccc(C(=O)OCCc2cccs2)cc1)C(F)(F)F. The Balaban J connectivity index is 1.78. The van der Waals surface area contributed by atoms with E-state index < -0.39 is 24.3 Å². The zero-order valence-electron chi connectivity index (χ0n) is 16.7. The van der Waals surface area contributed by atoms with Crippen molar-refractivity contribution in [2.24, 2.45) is 4.99 Å². The van der Waals surface area contributed by atoms with Gasteiger partial charge < -0.3 is 10.1 Å². The lowest BCUT2D eigenvalue weighted by Crippen LogP contribution is -2.25. The van der Waals surface area contributed by atoms with Crippen molar-refractivity contribution in [3.05, 3.63) is 87.1 Å². The number of halogens is 4. The zero-order chi connectivity index (χ0) is 23.1. The highest BCUT2D eigenvalue weighted by Crippen LogP contribution is 2.27. The maximum atomic E-state index is 13.0. The standard InChI is InChI=1S/C23H18ClF3N2O2S/c24-18-5-1-2-6-19(18)29-20(14-21(28)23(25,26)27)15-7-9-16(10-8-15)22(30)31-12-11-17-4-3-13-32-17/h1-10,13,28H,11-12,14H2. The number of esters is 1. The van der Waals surface area contributed by atoms with Gasteiger partial charge in [-0.2, -0.15) is 13.2 Å². The highest BCUT2D eigenvalue weighted by molar-refractivity contribution is 7.09. The van der Waals surface area contributed by atoms with Crippen LogP contribution in [0.4, 0.5) is 18.9 Å². The highest BCUT2D eigenvalue weighted by Gasteiger charge is 2.35. The monoisotopic (exact) mass is 478 g/mol. The number of nitrogens with zero attached hydrogens (tertiary/aromatic N) is 1. The molecule has 32 heavy (non-hydrogen) atoms. The molecule has 1 aromatic heterocycles. The summed E-state index contributed by atoms with van der Waals surface area (Å²) in [7, 11) is 0. The molecule has 0 unspecified atom stereocenters. The van der Waals surface area contributed by atoms with E-state index >= 15 is 0 Å². The summed E-state index contributed by atoms with van der Waals surface area (Å²) in [5, 5.41) is 9.59. The number of alkyl halides is 3. The molecule has 0 aliphatic rings. The molecule has 4 nitrogen and oxygen atoms in total. The number of hydrogen-bond donors (Lipinski definition) is 1. The Labute approximate surface area is 191 Å². The molecule has 0 amide bonds. The maximum absolute atomic E-state index is 13.0. The predicted molar refractivity (Wildman–Crippen MR) is 121 cm³/mol. The third-order valence-corrected chi connectivity index (χ3v) is 5.67. The molecule has 0 fully saturated rings. The lowest BCUT2D eigenvalue weighted by atomic mass is 10.0. The summed E-state index contributed by atoms with van der Waals surface area (Å²) in [6.07, 6.45) is -4.90. The van der Waals surface area contributed by atoms with Crippen LogP contribution in [0.3, 0.4) is 0 Å². The number of thiophene rings is 1. The second-order valence-corrected chi connectivity index (χ2v) is 8.15. The van der Waals surface area contributed by atoms with Gasteiger partial charge >= 0.3 is 12.1 Å². The van der Waals surface area contributed by atoms with Crippen molar-refractivity contribution < 1.29 is 22.7 Å². The van der Waals surface area contributed by atoms with Gasteiger partial charge in [0.1, 0.15) is 5.71 Å². The number of rotatable bonds is 8. The zero-order valence-corrected chi connectivity index (χ0v) is 18.2. The third-order valence-electron chi connectivity index (χ3n) is 4.41. The first-order chi connectivity index (χ1) is 15.2. The lowest BCUT2D eigenvalue weighted by molar-refractivity contribution is -0.0605. The van der Waals surface area contributed by atoms with Crippen LogP contribution in [0.2, 0.25) is 5.02 Å². The summed E-state index contributed by atoms with van der Waals surface area (Å²) in [4.78, 5) is 17.6. The summed E-state index contributed by atoms with van der Waals surface area (Å²) in [6, 6.07) is 16.2. The van der Waals surface area contributed by atoms with Gasteiger partial charge in [0.15, 0.2) is 0 Å². The van der Waals surface area contributed by atoms with Crippen molar-refractivity contribution >= 4 is 46.0 Å². The van der Waals surface area contributed by atoms with Crippen LogP contribution in [0.15, 0.2) is 71.0 Å². The quantitative estimate of drug-likeness (QED) is 0.283. The first-order valence-electron chi connectivity index (χ1n) is 9.50. The molecule has 3 rings (SSSR count). The first-order valence-corrected chi connectivity index (χ1v) is 10.8. The van der Waals surface area contributed by atoms with E-state index in [1.165, 1.54) is 24.3 Å². The van der Waals surface area contributed by atoms with Gasteiger partial charge in [-0.3, -0.25) is 4.99 Å². The summed E-state index contributed by atoms with van der Waals surface area (Å²) in [5.41, 5.74) is -0.522. The van der Waals surface area contributed by atoms with Crippen molar-refractivity contribution in [3.63, 3.8) is 0 Å². The highest BCUT2D eigenvalue weighted by atomic mass is 35.5. The van der Waals surface area contributed by atoms with E-state index in [9.17, 15) is 18.0 Å². The van der Waals surface area contributed by atoms with E-state index in [4.69, 9.17) is 21.7 Å². The van der Waals surface area contributed by atoms with Crippen LogP contribution in [-0.2, 0) is 11.2 Å². The molecule has 0 atom stereocenters. The van der Waals surface area contributed by atoms with Crippen molar-refractivity contribution in [3.8, 4) is 0 Å². The van der Waals surface area contributed by atoms with Gasteiger partial charge in [0.2, 0.25) is 0 Å². The summed E-state index contributed by atoms with van der Waals surface area (Å²) >= 11 is 7.66. The minimum atomic E-state index is -4.77. The van der Waals surface area contributed by atoms with E-state index in [-0.39, 0.29) is 28.6 Å². The maximum Gasteiger partial charge on any atom is 0.429 e. The molecule has 0 spiro atoms. The second-order valence-electron chi connectivity index (χ2n) is 6.71. The van der Waals surface area contributed by atoms with E-state index in [2.05, 4.69) is 4.99 Å². The molecular formula is C23H18ClF3N2O2S. The Morgan fingerprint density at radius 3 is 2.34 bits per heavy atom. The average Bonchev–Trinajstić information content (AvgIpc) is 3.27. The molecule has 0 aliphatic carbocycles. The van der Waals surface area contributed by atoms with Crippen molar-refractivity contribution in [2.75, 3.05) is 6.61 Å². The van der Waals surface area contributed by atoms with Crippen molar-refractivity contribution in [1.82, 2.24) is 0 Å². The van der Waals surface area contributed by atoms with E-state index in [1.54, 1.807) is 35.6 Å². The number of para-hydroxylation sites is 1. The Hall–Kier alpha value is -2.97. The summed E-state index contributed by atoms with van der Waals surface area (Å²) in [6.45, 7) is 0.225. The molecule has 0 aliphatic heterocycles. The van der Waals surface area contributed by atoms with E-state index in [0.29, 0.717) is 12.0 Å². The Kier molecular flexibility index (Phi) is 7.82. The van der Waals surface area contributed by atoms with Crippen LogP contribution in [0.5, 0.6) is 0 Å². The van der Waals surface area contributed by atoms with Crippen LogP contribution in [-0.4, -0.2) is 30.2 Å². The van der Waals surface area contributed by atoms with Gasteiger partial charge in [-0.25, -0.2) is 4.79 Å². The number of benzene rings is 2. The number of ether oxygens (including phenoxy) is 1. The Morgan fingerprint density at radius 2 is 1.72 bits per heavy atom. The molecule has 166 valence electrons. The molecule has 0 bridgehead atoms. The van der Waals surface area contributed by atoms with Crippen LogP contribution in [0.1, 0.15) is 27.2 Å². The van der Waals surface area contributed by atoms with Gasteiger partial charge in [0.25, 0.3) is 0 Å². The number of hydrogen-bond acceptors (Lipinski definition) is 5. The summed E-state index contributed by atoms with van der Waals surface area (Å²) < 4.78 is 44.2. The fourth-order valence-electron chi connectivity index (χ4n) is 2.74. The Bertz CT molecular complexity index is 1110. The average molecular weight is 479 g/mol. The fraction of sp³-hybridized carbons (Fsp3) is 0.174. The van der Waals surface area contributed by atoms with Crippen LogP contribution in [0.25, 0.3) is 0 Å². The van der Waals surface area contributed by atoms with Gasteiger partial charge in [0.05, 0.1) is 28.6 Å². The van der Waals surface area contributed by atoms with Crippen molar-refractivity contribution in [2.45, 2.75) is 19.0 Å². The molecule has 1 heterocycles. The fourth-order valence-corrected chi connectivity index (χ4v) is 3.61. The van der Waals surface area contributed by atoms with Crippen LogP contribution in [0, 0.1) is 5.41 Å². The van der Waals surface area contributed by atoms with Gasteiger partial charge in [-0.1, -0.05) is 41.9 Å². The summed E-state index contributed by atoms with van der Waals surface area (Å²) in [5.74, 6) is -0.527. The van der Waals surface area contributed by atoms with E-state index in [1.807, 2.05) is 17.5 Å². The molecule has 2 aromatic carbocycles. The van der Waals surface area contributed by atoms with Gasteiger partial charge in [-0.15, -0.1) is 11.3 Å². The Morgan fingerprint density at radius 1 is 1.03 bits per heavy atom. The third kappa shape index (κ3) is 6.51. The molecule has 0 saturated carbocycles. The van der Waals surface area contributed by atoms with Gasteiger partial charge in [-0.05, 0) is 41.3 Å². The first kappa shape index (κ1) is 23.7. The molecular weight excluding hydrogens is 461 g/mol. The largest absolute Gasteiger partial charge is 0.462 e. The molecule has 0 radical (unpaired) electrons. The van der Waals surface area contributed by atoms with E-state index in [0.717, 1.165) is 4.88 Å². The molecule has 1 N–H and O–H groups in total. The van der Waals surface area contributed by atoms with Crippen LogP contribution < -0.4 is 0 Å². The minimum absolute atomic E-state index is 0.0121. The normalized spacial score (nSPS) is 11.9. The molecule has 0 saturated heterocycles. The topological polar surface area (TPSA) is 62.5 Å². The number of aliphatic imine (C=N–C) groups is 1. The number of carbonyl (C=O) groups excluding carboxylic acids is 1. The van der Waals surface area contributed by atoms with Gasteiger partial charge in [0, 0.05) is 17.7 Å². The molecule has 9 heteroatoms. The van der Waals surface area contributed by atoms with Crippen molar-refractivity contribution in [1.29, 1.82) is 5.41 Å². The smallest absolute Gasteiger partial charge is 0.429 e. The number of carbonyl (C=O) groups is 1. The second kappa shape index (κ2) is 10.6. The lowest BCUT2D eigenvalue weighted by Gasteiger charge is -2.12. The number of nitrogens with one attached hydrogen (secondary N) is 1. The predicted octanol–water partition coefficient (Wildman–Crippen LogP) is 6.89. The minimum Gasteiger partial charge on any atom is -0.462 e. The molecule has 3 aromatic rings. The van der Waals surface area contributed by atoms with Crippen LogP contribution >= 0.6 is 22.9 Å².